The van der Waals surface area contributed by atoms with Gasteiger partial charge in [0.25, 0.3) is 0 Å². The van der Waals surface area contributed by atoms with Gasteiger partial charge in [0.1, 0.15) is 5.54 Å². The monoisotopic (exact) mass is 289 g/mol. The molecule has 0 fully saturated rings. The Hall–Kier alpha value is -2.52. The van der Waals surface area contributed by atoms with Crippen LogP contribution in [0.15, 0.2) is 79.1 Å². The molecular formula is C19H19N3. The fraction of sp³-hybridized carbons (Fsp3) is 0.158. The molecule has 110 valence electrons. The van der Waals surface area contributed by atoms with Crippen molar-refractivity contribution in [2.24, 2.45) is 5.73 Å². The normalized spacial score (nSPS) is 12.8. The first-order valence-electron chi connectivity index (χ1n) is 7.40. The van der Waals surface area contributed by atoms with Crippen molar-refractivity contribution in [3.8, 4) is 0 Å². The Bertz CT molecular complexity index is 672. The SMILES string of the molecule is CC(c1ccccc1)C(N)(c1ccccn1)c1ccccn1. The molecule has 0 saturated heterocycles. The highest BCUT2D eigenvalue weighted by Gasteiger charge is 2.39. The largest absolute Gasteiger partial charge is 0.315 e. The molecule has 2 aromatic heterocycles. The van der Waals surface area contributed by atoms with Crippen molar-refractivity contribution in [1.29, 1.82) is 0 Å². The van der Waals surface area contributed by atoms with Crippen molar-refractivity contribution in [1.82, 2.24) is 9.97 Å². The zero-order valence-electron chi connectivity index (χ0n) is 12.6. The van der Waals surface area contributed by atoms with E-state index in [0.29, 0.717) is 0 Å². The van der Waals surface area contributed by atoms with E-state index in [1.165, 1.54) is 5.56 Å². The highest BCUT2D eigenvalue weighted by atomic mass is 14.9. The molecule has 0 saturated carbocycles. The van der Waals surface area contributed by atoms with Crippen LogP contribution >= 0.6 is 0 Å². The van der Waals surface area contributed by atoms with Crippen LogP contribution in [-0.4, -0.2) is 9.97 Å². The lowest BCUT2D eigenvalue weighted by atomic mass is 9.76. The standard InChI is InChI=1S/C19H19N3/c1-15(16-9-3-2-4-10-16)19(20,17-11-5-7-13-21-17)18-12-6-8-14-22-18/h2-15H,20H2,1H3. The molecule has 2 N–H and O–H groups in total. The van der Waals surface area contributed by atoms with Crippen LogP contribution in [0.2, 0.25) is 0 Å². The topological polar surface area (TPSA) is 51.8 Å². The van der Waals surface area contributed by atoms with Crippen LogP contribution in [0.25, 0.3) is 0 Å². The van der Waals surface area contributed by atoms with E-state index < -0.39 is 5.54 Å². The van der Waals surface area contributed by atoms with Gasteiger partial charge in [0.05, 0.1) is 11.4 Å². The lowest BCUT2D eigenvalue weighted by Crippen LogP contribution is -2.44. The van der Waals surface area contributed by atoms with Gasteiger partial charge in [-0.1, -0.05) is 49.4 Å². The number of hydrogen-bond acceptors (Lipinski definition) is 3. The van der Waals surface area contributed by atoms with Crippen molar-refractivity contribution >= 4 is 0 Å². The molecular weight excluding hydrogens is 270 g/mol. The van der Waals surface area contributed by atoms with Gasteiger partial charge in [-0.15, -0.1) is 0 Å². The fourth-order valence-electron chi connectivity index (χ4n) is 2.79. The smallest absolute Gasteiger partial charge is 0.108 e. The Kier molecular flexibility index (Phi) is 3.98. The van der Waals surface area contributed by atoms with Gasteiger partial charge in [-0.2, -0.15) is 0 Å². The van der Waals surface area contributed by atoms with E-state index in [-0.39, 0.29) is 5.92 Å². The van der Waals surface area contributed by atoms with Crippen LogP contribution in [0.1, 0.15) is 29.8 Å². The fourth-order valence-corrected chi connectivity index (χ4v) is 2.79. The summed E-state index contributed by atoms with van der Waals surface area (Å²) in [6.45, 7) is 2.12. The molecule has 0 bridgehead atoms. The molecule has 0 aliphatic rings. The van der Waals surface area contributed by atoms with Gasteiger partial charge in [-0.3, -0.25) is 9.97 Å². The van der Waals surface area contributed by atoms with E-state index in [1.807, 2.05) is 54.6 Å². The highest BCUT2D eigenvalue weighted by Crippen LogP contribution is 2.38. The molecule has 1 atom stereocenters. The van der Waals surface area contributed by atoms with Gasteiger partial charge in [-0.25, -0.2) is 0 Å². The summed E-state index contributed by atoms with van der Waals surface area (Å²) >= 11 is 0. The van der Waals surface area contributed by atoms with Crippen molar-refractivity contribution in [2.45, 2.75) is 18.4 Å². The minimum absolute atomic E-state index is 0.0403. The van der Waals surface area contributed by atoms with Crippen LogP contribution in [0, 0.1) is 0 Å². The molecule has 1 aromatic carbocycles. The average Bonchev–Trinajstić information content (AvgIpc) is 2.62. The van der Waals surface area contributed by atoms with E-state index >= 15 is 0 Å². The second kappa shape index (κ2) is 6.08. The summed E-state index contributed by atoms with van der Waals surface area (Å²) in [5, 5.41) is 0. The summed E-state index contributed by atoms with van der Waals surface area (Å²) in [6, 6.07) is 21.9. The van der Waals surface area contributed by atoms with Crippen molar-refractivity contribution in [3.63, 3.8) is 0 Å². The molecule has 3 nitrogen and oxygen atoms in total. The summed E-state index contributed by atoms with van der Waals surface area (Å²) in [4.78, 5) is 9.02. The zero-order chi connectivity index (χ0) is 15.4. The molecule has 3 aromatic rings. The quantitative estimate of drug-likeness (QED) is 0.800. The lowest BCUT2D eigenvalue weighted by molar-refractivity contribution is 0.424. The predicted octanol–water partition coefficient (Wildman–Crippen LogP) is 3.48. The second-order valence-corrected chi connectivity index (χ2v) is 5.43. The molecule has 22 heavy (non-hydrogen) atoms. The Balaban J connectivity index is 2.16. The first kappa shape index (κ1) is 14.4. The van der Waals surface area contributed by atoms with Gasteiger partial charge >= 0.3 is 0 Å². The number of benzene rings is 1. The van der Waals surface area contributed by atoms with Crippen LogP contribution in [0.5, 0.6) is 0 Å². The average molecular weight is 289 g/mol. The number of pyridine rings is 2. The van der Waals surface area contributed by atoms with Crippen LogP contribution < -0.4 is 5.73 Å². The van der Waals surface area contributed by atoms with Gasteiger partial charge in [-0.05, 0) is 29.8 Å². The van der Waals surface area contributed by atoms with Gasteiger partial charge in [0, 0.05) is 18.3 Å². The lowest BCUT2D eigenvalue weighted by Gasteiger charge is -2.35. The van der Waals surface area contributed by atoms with Crippen molar-refractivity contribution in [2.75, 3.05) is 0 Å². The van der Waals surface area contributed by atoms with Gasteiger partial charge in [0.2, 0.25) is 0 Å². The first-order chi connectivity index (χ1) is 10.7. The van der Waals surface area contributed by atoms with Crippen LogP contribution in [0.3, 0.4) is 0 Å². The third-order valence-electron chi connectivity index (χ3n) is 4.16. The summed E-state index contributed by atoms with van der Waals surface area (Å²) in [6.07, 6.45) is 3.55. The molecule has 0 radical (unpaired) electrons. The minimum Gasteiger partial charge on any atom is -0.315 e. The van der Waals surface area contributed by atoms with Crippen LogP contribution in [0.4, 0.5) is 0 Å². The highest BCUT2D eigenvalue weighted by molar-refractivity contribution is 5.37. The van der Waals surface area contributed by atoms with E-state index in [4.69, 9.17) is 5.73 Å². The first-order valence-corrected chi connectivity index (χ1v) is 7.40. The molecule has 0 spiro atoms. The minimum atomic E-state index is -0.774. The number of aromatic nitrogens is 2. The maximum atomic E-state index is 6.89. The Morgan fingerprint density at radius 1 is 0.773 bits per heavy atom. The number of nitrogens with zero attached hydrogens (tertiary/aromatic N) is 2. The van der Waals surface area contributed by atoms with Gasteiger partial charge in [0.15, 0.2) is 0 Å². The summed E-state index contributed by atoms with van der Waals surface area (Å²) in [5.74, 6) is 0.0403. The van der Waals surface area contributed by atoms with E-state index in [0.717, 1.165) is 11.4 Å². The summed E-state index contributed by atoms with van der Waals surface area (Å²) < 4.78 is 0. The molecule has 3 heteroatoms. The molecule has 1 unspecified atom stereocenters. The van der Waals surface area contributed by atoms with E-state index in [9.17, 15) is 0 Å². The van der Waals surface area contributed by atoms with Crippen LogP contribution in [-0.2, 0) is 5.54 Å². The van der Waals surface area contributed by atoms with E-state index in [1.54, 1.807) is 12.4 Å². The predicted molar refractivity (Wildman–Crippen MR) is 88.3 cm³/mol. The van der Waals surface area contributed by atoms with Crippen molar-refractivity contribution < 1.29 is 0 Å². The Morgan fingerprint density at radius 2 is 1.27 bits per heavy atom. The third-order valence-corrected chi connectivity index (χ3v) is 4.16. The molecule has 0 aliphatic carbocycles. The molecule has 0 amide bonds. The Morgan fingerprint density at radius 3 is 1.73 bits per heavy atom. The molecule has 3 rings (SSSR count). The summed E-state index contributed by atoms with van der Waals surface area (Å²) in [7, 11) is 0. The number of hydrogen-bond donors (Lipinski definition) is 1. The number of nitrogens with two attached hydrogens (primary N) is 1. The third kappa shape index (κ3) is 2.51. The molecule has 2 heterocycles. The van der Waals surface area contributed by atoms with E-state index in [2.05, 4.69) is 29.0 Å². The maximum absolute atomic E-state index is 6.89. The number of rotatable bonds is 4. The summed E-state index contributed by atoms with van der Waals surface area (Å²) in [5.41, 5.74) is 8.93. The maximum Gasteiger partial charge on any atom is 0.108 e. The molecule has 0 aliphatic heterocycles. The zero-order valence-corrected chi connectivity index (χ0v) is 12.6. The Labute approximate surface area is 130 Å². The van der Waals surface area contributed by atoms with Gasteiger partial charge < -0.3 is 5.73 Å². The van der Waals surface area contributed by atoms with Crippen molar-refractivity contribution in [3.05, 3.63) is 96.1 Å². The second-order valence-electron chi connectivity index (χ2n) is 5.43.